The fourth-order valence-corrected chi connectivity index (χ4v) is 1.76. The van der Waals surface area contributed by atoms with Gasteiger partial charge in [-0.15, -0.1) is 0 Å². The molecule has 2 aromatic heterocycles. The third-order valence-corrected chi connectivity index (χ3v) is 2.90. The van der Waals surface area contributed by atoms with Gasteiger partial charge in [0, 0.05) is 26.4 Å². The van der Waals surface area contributed by atoms with Crippen LogP contribution >= 0.6 is 0 Å². The highest BCUT2D eigenvalue weighted by atomic mass is 16.3. The van der Waals surface area contributed by atoms with Crippen molar-refractivity contribution < 1.29 is 9.21 Å². The first-order valence-electron chi connectivity index (χ1n) is 6.24. The molecule has 0 aliphatic rings. The molecule has 1 N–H and O–H groups in total. The standard InChI is InChI=1S/C14H15N3O4/c1-16-9-10(13(19)17(2)14(16)20)5-6-12(18)15-8-11-4-3-7-21-11/h3-7,9H,8H2,1-2H3,(H,15,18)/b6-5+. The summed E-state index contributed by atoms with van der Waals surface area (Å²) in [7, 11) is 2.93. The van der Waals surface area contributed by atoms with Gasteiger partial charge in [-0.25, -0.2) is 4.79 Å². The van der Waals surface area contributed by atoms with Crippen LogP contribution in [0.1, 0.15) is 11.3 Å². The summed E-state index contributed by atoms with van der Waals surface area (Å²) in [4.78, 5) is 35.0. The van der Waals surface area contributed by atoms with Gasteiger partial charge in [0.2, 0.25) is 5.91 Å². The number of amides is 1. The van der Waals surface area contributed by atoms with Crippen molar-refractivity contribution in [3.8, 4) is 0 Å². The van der Waals surface area contributed by atoms with Crippen LogP contribution in [0.25, 0.3) is 6.08 Å². The first-order chi connectivity index (χ1) is 9.99. The Morgan fingerprint density at radius 3 is 2.81 bits per heavy atom. The van der Waals surface area contributed by atoms with Crippen LogP contribution in [0.2, 0.25) is 0 Å². The highest BCUT2D eigenvalue weighted by molar-refractivity contribution is 5.91. The molecular formula is C14H15N3O4. The average molecular weight is 289 g/mol. The Hall–Kier alpha value is -2.83. The number of furan rings is 1. The monoisotopic (exact) mass is 289 g/mol. The summed E-state index contributed by atoms with van der Waals surface area (Å²) in [5.74, 6) is 0.275. The summed E-state index contributed by atoms with van der Waals surface area (Å²) in [6, 6.07) is 3.47. The zero-order chi connectivity index (χ0) is 15.4. The van der Waals surface area contributed by atoms with Gasteiger partial charge in [-0.1, -0.05) is 0 Å². The number of nitrogens with one attached hydrogen (secondary N) is 1. The molecule has 0 aromatic carbocycles. The van der Waals surface area contributed by atoms with Crippen LogP contribution in [0.5, 0.6) is 0 Å². The van der Waals surface area contributed by atoms with Gasteiger partial charge >= 0.3 is 5.69 Å². The van der Waals surface area contributed by atoms with Crippen molar-refractivity contribution >= 4 is 12.0 Å². The lowest BCUT2D eigenvalue weighted by Gasteiger charge is -2.03. The summed E-state index contributed by atoms with van der Waals surface area (Å²) in [6.07, 6.45) is 5.52. The number of carbonyl (C=O) groups excluding carboxylic acids is 1. The van der Waals surface area contributed by atoms with Crippen LogP contribution < -0.4 is 16.6 Å². The summed E-state index contributed by atoms with van der Waals surface area (Å²) in [5, 5.41) is 2.62. The van der Waals surface area contributed by atoms with Crippen molar-refractivity contribution in [1.29, 1.82) is 0 Å². The lowest BCUT2D eigenvalue weighted by Crippen LogP contribution is -2.37. The van der Waals surface area contributed by atoms with E-state index in [9.17, 15) is 14.4 Å². The molecule has 0 aliphatic heterocycles. The van der Waals surface area contributed by atoms with E-state index in [1.165, 1.54) is 43.3 Å². The predicted molar refractivity (Wildman–Crippen MR) is 76.5 cm³/mol. The molecule has 7 heteroatoms. The van der Waals surface area contributed by atoms with Gasteiger partial charge in [0.1, 0.15) is 5.76 Å². The van der Waals surface area contributed by atoms with Crippen LogP contribution in [0.3, 0.4) is 0 Å². The fraction of sp³-hybridized carbons (Fsp3) is 0.214. The van der Waals surface area contributed by atoms with Crippen LogP contribution in [-0.4, -0.2) is 15.0 Å². The molecular weight excluding hydrogens is 274 g/mol. The number of nitrogens with zero attached hydrogens (tertiary/aromatic N) is 2. The van der Waals surface area contributed by atoms with Crippen molar-refractivity contribution in [3.63, 3.8) is 0 Å². The minimum absolute atomic E-state index is 0.257. The third-order valence-electron chi connectivity index (χ3n) is 2.90. The van der Waals surface area contributed by atoms with Crippen LogP contribution in [-0.2, 0) is 25.4 Å². The second kappa shape index (κ2) is 6.08. The van der Waals surface area contributed by atoms with Crippen molar-refractivity contribution in [2.75, 3.05) is 0 Å². The van der Waals surface area contributed by atoms with E-state index >= 15 is 0 Å². The van der Waals surface area contributed by atoms with E-state index in [1.54, 1.807) is 12.1 Å². The summed E-state index contributed by atoms with van der Waals surface area (Å²) in [5.41, 5.74) is -0.611. The third kappa shape index (κ3) is 3.38. The number of hydrogen-bond donors (Lipinski definition) is 1. The molecule has 0 radical (unpaired) electrons. The molecule has 0 atom stereocenters. The largest absolute Gasteiger partial charge is 0.467 e. The van der Waals surface area contributed by atoms with E-state index in [0.29, 0.717) is 5.76 Å². The highest BCUT2D eigenvalue weighted by Crippen LogP contribution is 1.98. The van der Waals surface area contributed by atoms with E-state index in [-0.39, 0.29) is 18.0 Å². The topological polar surface area (TPSA) is 86.2 Å². The quantitative estimate of drug-likeness (QED) is 0.803. The molecule has 21 heavy (non-hydrogen) atoms. The van der Waals surface area contributed by atoms with E-state index in [1.807, 2.05) is 0 Å². The first-order valence-corrected chi connectivity index (χ1v) is 6.24. The van der Waals surface area contributed by atoms with Gasteiger partial charge in [0.15, 0.2) is 0 Å². The van der Waals surface area contributed by atoms with Crippen molar-refractivity contribution in [2.45, 2.75) is 6.54 Å². The Labute approximate surface area is 120 Å². The molecule has 0 spiro atoms. The molecule has 2 aromatic rings. The number of rotatable bonds is 4. The first kappa shape index (κ1) is 14.6. The lowest BCUT2D eigenvalue weighted by molar-refractivity contribution is -0.116. The summed E-state index contributed by atoms with van der Waals surface area (Å²) >= 11 is 0. The van der Waals surface area contributed by atoms with Crippen molar-refractivity contribution in [2.24, 2.45) is 14.1 Å². The van der Waals surface area contributed by atoms with Gasteiger partial charge in [-0.05, 0) is 18.2 Å². The molecule has 0 unspecified atom stereocenters. The van der Waals surface area contributed by atoms with E-state index in [0.717, 1.165) is 4.57 Å². The molecule has 110 valence electrons. The van der Waals surface area contributed by atoms with Crippen molar-refractivity contribution in [1.82, 2.24) is 14.5 Å². The van der Waals surface area contributed by atoms with Crippen molar-refractivity contribution in [3.05, 3.63) is 62.8 Å². The molecule has 7 nitrogen and oxygen atoms in total. The normalized spacial score (nSPS) is 11.0. The summed E-state index contributed by atoms with van der Waals surface area (Å²) < 4.78 is 7.35. The van der Waals surface area contributed by atoms with Gasteiger partial charge < -0.3 is 14.3 Å². The second-order valence-corrected chi connectivity index (χ2v) is 4.47. The Kier molecular flexibility index (Phi) is 4.22. The Bertz CT molecular complexity index is 782. The Morgan fingerprint density at radius 1 is 1.38 bits per heavy atom. The Morgan fingerprint density at radius 2 is 2.14 bits per heavy atom. The summed E-state index contributed by atoms with van der Waals surface area (Å²) in [6.45, 7) is 0.265. The number of aryl methyl sites for hydroxylation is 1. The fourth-order valence-electron chi connectivity index (χ4n) is 1.76. The maximum Gasteiger partial charge on any atom is 0.330 e. The van der Waals surface area contributed by atoms with E-state index in [4.69, 9.17) is 4.42 Å². The maximum atomic E-state index is 11.9. The molecule has 0 fully saturated rings. The molecule has 1 amide bonds. The van der Waals surface area contributed by atoms with Gasteiger partial charge in [0.05, 0.1) is 18.4 Å². The predicted octanol–water partition coefficient (Wildman–Crippen LogP) is 0.00660. The van der Waals surface area contributed by atoms with E-state index in [2.05, 4.69) is 5.32 Å². The zero-order valence-corrected chi connectivity index (χ0v) is 11.7. The van der Waals surface area contributed by atoms with E-state index < -0.39 is 11.2 Å². The molecule has 2 heterocycles. The minimum atomic E-state index is -0.451. The average Bonchev–Trinajstić information content (AvgIpc) is 2.98. The molecule has 2 rings (SSSR count). The number of aromatic nitrogens is 2. The Balaban J connectivity index is 2.09. The van der Waals surface area contributed by atoms with Gasteiger partial charge in [-0.3, -0.25) is 14.2 Å². The lowest BCUT2D eigenvalue weighted by atomic mass is 10.3. The SMILES string of the molecule is Cn1cc(/C=C/C(=O)NCc2ccco2)c(=O)n(C)c1=O. The zero-order valence-electron chi connectivity index (χ0n) is 11.7. The number of carbonyl (C=O) groups is 1. The molecule has 0 bridgehead atoms. The highest BCUT2D eigenvalue weighted by Gasteiger charge is 2.04. The smallest absolute Gasteiger partial charge is 0.330 e. The maximum absolute atomic E-state index is 11.9. The molecule has 0 aliphatic carbocycles. The second-order valence-electron chi connectivity index (χ2n) is 4.47. The molecule has 0 saturated heterocycles. The van der Waals surface area contributed by atoms with Gasteiger partial charge in [-0.2, -0.15) is 0 Å². The number of hydrogen-bond acceptors (Lipinski definition) is 4. The van der Waals surface area contributed by atoms with Crippen LogP contribution in [0, 0.1) is 0 Å². The van der Waals surface area contributed by atoms with Gasteiger partial charge in [0.25, 0.3) is 5.56 Å². The van der Waals surface area contributed by atoms with Crippen LogP contribution in [0.15, 0.2) is 44.7 Å². The minimum Gasteiger partial charge on any atom is -0.467 e. The molecule has 0 saturated carbocycles. The van der Waals surface area contributed by atoms with Crippen LogP contribution in [0.4, 0.5) is 0 Å².